The van der Waals surface area contributed by atoms with Gasteiger partial charge in [-0.2, -0.15) is 0 Å². The molecule has 3 heteroatoms. The standard InChI is InChI=1S/C25H33NO2/c1-16(2)12-23(25(27)28)21-13-20(19-10-8-17(3)9-11-19)14-22(15-21)24-7-5-6-18(4)26-24/h8-11,13-16,18,23-24,26H,5-7,12H2,1-4H3,(H,27,28). The average Bonchev–Trinajstić information content (AvgIpc) is 2.66. The second-order valence-corrected chi connectivity index (χ2v) is 8.83. The van der Waals surface area contributed by atoms with E-state index in [0.717, 1.165) is 23.1 Å². The maximum atomic E-state index is 12.1. The summed E-state index contributed by atoms with van der Waals surface area (Å²) in [6.07, 6.45) is 4.16. The molecule has 0 spiro atoms. The first kappa shape index (κ1) is 20.6. The number of piperidine rings is 1. The molecule has 0 bridgehead atoms. The van der Waals surface area contributed by atoms with E-state index in [1.54, 1.807) is 0 Å². The Balaban J connectivity index is 2.07. The number of hydrogen-bond donors (Lipinski definition) is 2. The summed E-state index contributed by atoms with van der Waals surface area (Å²) in [5.41, 5.74) is 5.63. The molecule has 3 nitrogen and oxygen atoms in total. The van der Waals surface area contributed by atoms with Crippen LogP contribution in [0, 0.1) is 12.8 Å². The van der Waals surface area contributed by atoms with E-state index in [4.69, 9.17) is 0 Å². The number of carbonyl (C=O) groups is 1. The normalized spacial score (nSPS) is 20.9. The predicted molar refractivity (Wildman–Crippen MR) is 116 cm³/mol. The molecule has 0 aromatic heterocycles. The zero-order valence-electron chi connectivity index (χ0n) is 17.5. The quantitative estimate of drug-likeness (QED) is 0.639. The van der Waals surface area contributed by atoms with E-state index in [9.17, 15) is 9.90 Å². The van der Waals surface area contributed by atoms with Crippen LogP contribution in [0.2, 0.25) is 0 Å². The van der Waals surface area contributed by atoms with E-state index < -0.39 is 11.9 Å². The summed E-state index contributed by atoms with van der Waals surface area (Å²) < 4.78 is 0. The number of carboxylic acids is 1. The van der Waals surface area contributed by atoms with E-state index >= 15 is 0 Å². The minimum Gasteiger partial charge on any atom is -0.481 e. The van der Waals surface area contributed by atoms with Gasteiger partial charge in [0.25, 0.3) is 0 Å². The fourth-order valence-corrected chi connectivity index (χ4v) is 4.24. The lowest BCUT2D eigenvalue weighted by Gasteiger charge is -2.30. The minimum absolute atomic E-state index is 0.293. The molecule has 2 N–H and O–H groups in total. The van der Waals surface area contributed by atoms with Gasteiger partial charge in [0, 0.05) is 12.1 Å². The van der Waals surface area contributed by atoms with Gasteiger partial charge in [0.05, 0.1) is 5.92 Å². The Morgan fingerprint density at radius 1 is 1.11 bits per heavy atom. The van der Waals surface area contributed by atoms with Crippen molar-refractivity contribution < 1.29 is 9.90 Å². The van der Waals surface area contributed by atoms with Crippen LogP contribution in [-0.2, 0) is 4.79 Å². The molecule has 0 saturated carbocycles. The molecule has 0 amide bonds. The number of benzene rings is 2. The molecule has 3 atom stereocenters. The summed E-state index contributed by atoms with van der Waals surface area (Å²) in [4.78, 5) is 12.1. The fraction of sp³-hybridized carbons (Fsp3) is 0.480. The summed E-state index contributed by atoms with van der Waals surface area (Å²) in [5, 5.41) is 13.6. The van der Waals surface area contributed by atoms with Gasteiger partial charge in [0.15, 0.2) is 0 Å². The van der Waals surface area contributed by atoms with Crippen LogP contribution >= 0.6 is 0 Å². The van der Waals surface area contributed by atoms with Crippen molar-refractivity contribution in [3.8, 4) is 11.1 Å². The molecule has 1 aliphatic heterocycles. The first-order valence-corrected chi connectivity index (χ1v) is 10.5. The van der Waals surface area contributed by atoms with Crippen molar-refractivity contribution in [2.75, 3.05) is 0 Å². The van der Waals surface area contributed by atoms with Crippen LogP contribution < -0.4 is 5.32 Å². The Morgan fingerprint density at radius 2 is 1.82 bits per heavy atom. The van der Waals surface area contributed by atoms with Crippen molar-refractivity contribution in [1.82, 2.24) is 5.32 Å². The van der Waals surface area contributed by atoms with E-state index in [2.05, 4.69) is 75.5 Å². The number of rotatable bonds is 6. The predicted octanol–water partition coefficient (Wildman–Crippen LogP) is 6.08. The summed E-state index contributed by atoms with van der Waals surface area (Å²) in [7, 11) is 0. The third kappa shape index (κ3) is 5.02. The van der Waals surface area contributed by atoms with Crippen molar-refractivity contribution in [2.24, 2.45) is 5.92 Å². The SMILES string of the molecule is Cc1ccc(-c2cc(C3CCCC(C)N3)cc(C(CC(C)C)C(=O)O)c2)cc1. The highest BCUT2D eigenvalue weighted by Crippen LogP contribution is 2.34. The molecule has 3 unspecified atom stereocenters. The highest BCUT2D eigenvalue weighted by Gasteiger charge is 2.25. The summed E-state index contributed by atoms with van der Waals surface area (Å²) in [6, 6.07) is 15.8. The van der Waals surface area contributed by atoms with Crippen molar-refractivity contribution >= 4 is 5.97 Å². The van der Waals surface area contributed by atoms with Gasteiger partial charge in [-0.15, -0.1) is 0 Å². The second-order valence-electron chi connectivity index (χ2n) is 8.83. The van der Waals surface area contributed by atoms with Gasteiger partial charge in [-0.3, -0.25) is 4.79 Å². The number of nitrogens with one attached hydrogen (secondary N) is 1. The molecule has 3 rings (SSSR count). The minimum atomic E-state index is -0.731. The van der Waals surface area contributed by atoms with Crippen molar-refractivity contribution in [2.45, 2.75) is 71.4 Å². The van der Waals surface area contributed by atoms with E-state index in [1.165, 1.54) is 24.0 Å². The van der Waals surface area contributed by atoms with E-state index in [0.29, 0.717) is 24.4 Å². The van der Waals surface area contributed by atoms with Crippen LogP contribution in [0.25, 0.3) is 11.1 Å². The van der Waals surface area contributed by atoms with Crippen LogP contribution in [0.15, 0.2) is 42.5 Å². The molecule has 1 aliphatic rings. The number of aliphatic carboxylic acids is 1. The number of carboxylic acid groups (broad SMARTS) is 1. The monoisotopic (exact) mass is 379 g/mol. The fourth-order valence-electron chi connectivity index (χ4n) is 4.24. The van der Waals surface area contributed by atoms with Crippen LogP contribution in [0.3, 0.4) is 0 Å². The molecule has 2 aromatic carbocycles. The van der Waals surface area contributed by atoms with Gasteiger partial charge in [-0.1, -0.05) is 62.2 Å². The Kier molecular flexibility index (Phi) is 6.56. The molecule has 28 heavy (non-hydrogen) atoms. The molecule has 0 aliphatic carbocycles. The number of aryl methyl sites for hydroxylation is 1. The zero-order chi connectivity index (χ0) is 20.3. The summed E-state index contributed by atoms with van der Waals surface area (Å²) >= 11 is 0. The van der Waals surface area contributed by atoms with Crippen molar-refractivity contribution in [3.05, 3.63) is 59.2 Å². The number of hydrogen-bond acceptors (Lipinski definition) is 2. The highest BCUT2D eigenvalue weighted by atomic mass is 16.4. The molecular formula is C25H33NO2. The Labute approximate surface area is 169 Å². The molecule has 1 saturated heterocycles. The van der Waals surface area contributed by atoms with Crippen LogP contribution in [0.5, 0.6) is 0 Å². The van der Waals surface area contributed by atoms with Gasteiger partial charge >= 0.3 is 5.97 Å². The highest BCUT2D eigenvalue weighted by molar-refractivity contribution is 5.77. The molecular weight excluding hydrogens is 346 g/mol. The lowest BCUT2D eigenvalue weighted by molar-refractivity contribution is -0.139. The average molecular weight is 380 g/mol. The van der Waals surface area contributed by atoms with Crippen molar-refractivity contribution in [3.63, 3.8) is 0 Å². The first-order chi connectivity index (χ1) is 13.3. The van der Waals surface area contributed by atoms with E-state index in [1.807, 2.05) is 0 Å². The summed E-state index contributed by atoms with van der Waals surface area (Å²) in [5.74, 6) is -0.865. The van der Waals surface area contributed by atoms with Crippen LogP contribution in [0.1, 0.15) is 75.1 Å². The van der Waals surface area contributed by atoms with Gasteiger partial charge < -0.3 is 10.4 Å². The largest absolute Gasteiger partial charge is 0.481 e. The Morgan fingerprint density at radius 3 is 2.43 bits per heavy atom. The second kappa shape index (κ2) is 8.91. The third-order valence-electron chi connectivity index (χ3n) is 5.79. The summed E-state index contributed by atoms with van der Waals surface area (Å²) in [6.45, 7) is 8.49. The third-order valence-corrected chi connectivity index (χ3v) is 5.79. The van der Waals surface area contributed by atoms with Crippen LogP contribution in [0.4, 0.5) is 0 Å². The van der Waals surface area contributed by atoms with Gasteiger partial charge in [0.1, 0.15) is 0 Å². The Bertz CT molecular complexity index is 810. The smallest absolute Gasteiger partial charge is 0.310 e. The first-order valence-electron chi connectivity index (χ1n) is 10.5. The maximum absolute atomic E-state index is 12.1. The maximum Gasteiger partial charge on any atom is 0.310 e. The molecule has 2 aromatic rings. The molecule has 150 valence electrons. The molecule has 1 fully saturated rings. The molecule has 0 radical (unpaired) electrons. The van der Waals surface area contributed by atoms with E-state index in [-0.39, 0.29) is 0 Å². The van der Waals surface area contributed by atoms with Crippen LogP contribution in [-0.4, -0.2) is 17.1 Å². The Hall–Kier alpha value is -2.13. The topological polar surface area (TPSA) is 49.3 Å². The van der Waals surface area contributed by atoms with Gasteiger partial charge in [-0.25, -0.2) is 0 Å². The van der Waals surface area contributed by atoms with Gasteiger partial charge in [0.2, 0.25) is 0 Å². The lowest BCUT2D eigenvalue weighted by atomic mass is 9.85. The zero-order valence-corrected chi connectivity index (χ0v) is 17.5. The lowest BCUT2D eigenvalue weighted by Crippen LogP contribution is -2.34. The molecule has 1 heterocycles. The van der Waals surface area contributed by atoms with Crippen molar-refractivity contribution in [1.29, 1.82) is 0 Å². The van der Waals surface area contributed by atoms with Gasteiger partial charge in [-0.05, 0) is 67.3 Å².